The molecule has 0 spiro atoms. The molecule has 0 bridgehead atoms. The lowest BCUT2D eigenvalue weighted by Crippen LogP contribution is -2.56. The third-order valence-corrected chi connectivity index (χ3v) is 3.99. The highest BCUT2D eigenvalue weighted by Crippen LogP contribution is 2.62. The normalized spacial score (nSPS) is 24.5. The van der Waals surface area contributed by atoms with E-state index in [1.54, 1.807) is 12.4 Å². The molecule has 1 aromatic heterocycles. The fraction of sp³-hybridized carbons (Fsp3) is 0.500. The highest BCUT2D eigenvalue weighted by Gasteiger charge is 2.68. The molecule has 1 aromatic rings. The molecular weight excluding hydrogens is 206 g/mol. The molecule has 1 saturated heterocycles. The quantitative estimate of drug-likeness (QED) is 0.830. The molecule has 1 saturated carbocycles. The first kappa shape index (κ1) is 9.78. The molecule has 0 aromatic carbocycles. The van der Waals surface area contributed by atoms with E-state index in [1.807, 2.05) is 12.1 Å². The van der Waals surface area contributed by atoms with Crippen molar-refractivity contribution in [2.24, 2.45) is 5.41 Å². The van der Waals surface area contributed by atoms with E-state index in [1.165, 1.54) is 0 Å². The van der Waals surface area contributed by atoms with Crippen LogP contribution in [0.25, 0.3) is 0 Å². The standard InChI is InChI=1S/C12H13NO3/c14-10(15)11(3-4-11)12(7-16-8-12)9-2-1-5-13-6-9/h1-2,5-6H,3-4,7-8H2,(H,14,15). The number of rotatable bonds is 3. The molecule has 0 atom stereocenters. The van der Waals surface area contributed by atoms with Gasteiger partial charge in [0.05, 0.1) is 24.0 Å². The maximum atomic E-state index is 11.4. The lowest BCUT2D eigenvalue weighted by molar-refractivity contribution is -0.161. The number of ether oxygens (including phenoxy) is 1. The van der Waals surface area contributed by atoms with Crippen LogP contribution in [0.1, 0.15) is 18.4 Å². The van der Waals surface area contributed by atoms with Gasteiger partial charge in [-0.05, 0) is 24.5 Å². The summed E-state index contributed by atoms with van der Waals surface area (Å²) in [6.45, 7) is 1.01. The summed E-state index contributed by atoms with van der Waals surface area (Å²) in [6.07, 6.45) is 4.98. The molecule has 16 heavy (non-hydrogen) atoms. The number of carboxylic acids is 1. The van der Waals surface area contributed by atoms with Crippen molar-refractivity contribution < 1.29 is 14.6 Å². The first-order valence-electron chi connectivity index (χ1n) is 5.43. The fourth-order valence-electron chi connectivity index (χ4n) is 2.69. The summed E-state index contributed by atoms with van der Waals surface area (Å²) in [6, 6.07) is 3.81. The third-order valence-electron chi connectivity index (χ3n) is 3.99. The van der Waals surface area contributed by atoms with Crippen molar-refractivity contribution in [3.8, 4) is 0 Å². The Hall–Kier alpha value is -1.42. The van der Waals surface area contributed by atoms with Crippen LogP contribution in [-0.2, 0) is 14.9 Å². The first-order valence-corrected chi connectivity index (χ1v) is 5.43. The van der Waals surface area contributed by atoms with Crippen molar-refractivity contribution in [3.63, 3.8) is 0 Å². The predicted molar refractivity (Wildman–Crippen MR) is 56.0 cm³/mol. The molecule has 1 aliphatic heterocycles. The second kappa shape index (κ2) is 3.04. The zero-order valence-electron chi connectivity index (χ0n) is 8.85. The minimum atomic E-state index is -0.695. The molecule has 0 radical (unpaired) electrons. The summed E-state index contributed by atoms with van der Waals surface area (Å²) in [4.78, 5) is 15.5. The van der Waals surface area contributed by atoms with Gasteiger partial charge in [-0.3, -0.25) is 9.78 Å². The Morgan fingerprint density at radius 3 is 2.56 bits per heavy atom. The van der Waals surface area contributed by atoms with Crippen LogP contribution >= 0.6 is 0 Å². The van der Waals surface area contributed by atoms with Crippen LogP contribution in [0.4, 0.5) is 0 Å². The monoisotopic (exact) mass is 219 g/mol. The van der Waals surface area contributed by atoms with Gasteiger partial charge in [0.15, 0.2) is 0 Å². The van der Waals surface area contributed by atoms with Gasteiger partial charge in [-0.2, -0.15) is 0 Å². The number of nitrogens with zero attached hydrogens (tertiary/aromatic N) is 1. The molecule has 84 valence electrons. The van der Waals surface area contributed by atoms with E-state index in [9.17, 15) is 9.90 Å². The van der Waals surface area contributed by atoms with Crippen LogP contribution in [0, 0.1) is 5.41 Å². The van der Waals surface area contributed by atoms with E-state index < -0.39 is 11.4 Å². The van der Waals surface area contributed by atoms with Crippen LogP contribution in [-0.4, -0.2) is 29.3 Å². The molecule has 0 unspecified atom stereocenters. The van der Waals surface area contributed by atoms with Gasteiger partial charge < -0.3 is 9.84 Å². The lowest BCUT2D eigenvalue weighted by Gasteiger charge is -2.46. The number of aromatic nitrogens is 1. The number of hydrogen-bond donors (Lipinski definition) is 1. The van der Waals surface area contributed by atoms with E-state index >= 15 is 0 Å². The minimum absolute atomic E-state index is 0.340. The fourth-order valence-corrected chi connectivity index (χ4v) is 2.69. The number of hydrogen-bond acceptors (Lipinski definition) is 3. The van der Waals surface area contributed by atoms with Gasteiger partial charge in [0.25, 0.3) is 0 Å². The summed E-state index contributed by atoms with van der Waals surface area (Å²) >= 11 is 0. The number of pyridine rings is 1. The van der Waals surface area contributed by atoms with Gasteiger partial charge >= 0.3 is 5.97 Å². The second-order valence-electron chi connectivity index (χ2n) is 4.70. The Balaban J connectivity index is 2.05. The molecular formula is C12H13NO3. The summed E-state index contributed by atoms with van der Waals surface area (Å²) in [5.41, 5.74) is 0.0580. The summed E-state index contributed by atoms with van der Waals surface area (Å²) in [5.74, 6) is -0.695. The van der Waals surface area contributed by atoms with Crippen molar-refractivity contribution in [2.45, 2.75) is 18.3 Å². The summed E-state index contributed by atoms with van der Waals surface area (Å²) < 4.78 is 5.28. The third kappa shape index (κ3) is 1.02. The molecule has 2 aliphatic rings. The van der Waals surface area contributed by atoms with Crippen LogP contribution in [0.3, 0.4) is 0 Å². The van der Waals surface area contributed by atoms with Crippen molar-refractivity contribution in [1.82, 2.24) is 4.98 Å². The largest absolute Gasteiger partial charge is 0.481 e. The Bertz CT molecular complexity index is 421. The Kier molecular flexibility index (Phi) is 1.86. The highest BCUT2D eigenvalue weighted by atomic mass is 16.5. The van der Waals surface area contributed by atoms with Gasteiger partial charge in [-0.25, -0.2) is 0 Å². The Labute approximate surface area is 93.3 Å². The average Bonchev–Trinajstić information content (AvgIpc) is 2.99. The van der Waals surface area contributed by atoms with Crippen molar-refractivity contribution in [2.75, 3.05) is 13.2 Å². The molecule has 1 aliphatic carbocycles. The van der Waals surface area contributed by atoms with Gasteiger partial charge in [-0.15, -0.1) is 0 Å². The van der Waals surface area contributed by atoms with Gasteiger partial charge in [0, 0.05) is 12.4 Å². The predicted octanol–water partition coefficient (Wildman–Crippen LogP) is 1.21. The van der Waals surface area contributed by atoms with Crippen molar-refractivity contribution in [1.29, 1.82) is 0 Å². The minimum Gasteiger partial charge on any atom is -0.481 e. The van der Waals surface area contributed by atoms with E-state index in [0.717, 1.165) is 18.4 Å². The van der Waals surface area contributed by atoms with Gasteiger partial charge in [0.2, 0.25) is 0 Å². The van der Waals surface area contributed by atoms with Crippen molar-refractivity contribution >= 4 is 5.97 Å². The maximum absolute atomic E-state index is 11.4. The van der Waals surface area contributed by atoms with Crippen LogP contribution in [0.2, 0.25) is 0 Å². The van der Waals surface area contributed by atoms with Crippen LogP contribution in [0.15, 0.2) is 24.5 Å². The molecule has 4 heteroatoms. The second-order valence-corrected chi connectivity index (χ2v) is 4.70. The van der Waals surface area contributed by atoms with Crippen LogP contribution < -0.4 is 0 Å². The van der Waals surface area contributed by atoms with Gasteiger partial charge in [-0.1, -0.05) is 6.07 Å². The van der Waals surface area contributed by atoms with E-state index in [0.29, 0.717) is 13.2 Å². The lowest BCUT2D eigenvalue weighted by atomic mass is 9.66. The number of carbonyl (C=O) groups is 1. The molecule has 1 N–H and O–H groups in total. The smallest absolute Gasteiger partial charge is 0.310 e. The first-order chi connectivity index (χ1) is 7.71. The Morgan fingerprint density at radius 1 is 1.44 bits per heavy atom. The zero-order valence-corrected chi connectivity index (χ0v) is 8.85. The summed E-state index contributed by atoms with van der Waals surface area (Å²) in [7, 11) is 0. The van der Waals surface area contributed by atoms with Crippen molar-refractivity contribution in [3.05, 3.63) is 30.1 Å². The number of carboxylic acid groups (broad SMARTS) is 1. The number of aliphatic carboxylic acids is 1. The average molecular weight is 219 g/mol. The molecule has 0 amide bonds. The van der Waals surface area contributed by atoms with E-state index in [2.05, 4.69) is 4.98 Å². The maximum Gasteiger partial charge on any atom is 0.310 e. The van der Waals surface area contributed by atoms with E-state index in [4.69, 9.17) is 4.74 Å². The molecule has 3 rings (SSSR count). The molecule has 2 heterocycles. The SMILES string of the molecule is O=C(O)C1(C2(c3cccnc3)COC2)CC1. The van der Waals surface area contributed by atoms with Gasteiger partial charge in [0.1, 0.15) is 0 Å². The zero-order chi connectivity index (χ0) is 11.2. The van der Waals surface area contributed by atoms with E-state index in [-0.39, 0.29) is 5.41 Å². The topological polar surface area (TPSA) is 59.4 Å². The summed E-state index contributed by atoms with van der Waals surface area (Å²) in [5, 5.41) is 9.39. The molecule has 4 nitrogen and oxygen atoms in total. The molecule has 2 fully saturated rings. The highest BCUT2D eigenvalue weighted by molar-refractivity contribution is 5.81. The Morgan fingerprint density at radius 2 is 2.19 bits per heavy atom. The van der Waals surface area contributed by atoms with Crippen LogP contribution in [0.5, 0.6) is 0 Å².